The molecule has 0 aromatic carbocycles. The summed E-state index contributed by atoms with van der Waals surface area (Å²) in [7, 11) is 5.91. The monoisotopic (exact) mass is 1020 g/mol. The maximum absolute atomic E-state index is 12.8. The van der Waals surface area contributed by atoms with Gasteiger partial charge in [-0.15, -0.1) is 0 Å². The number of carbonyl (C=O) groups is 3. The summed E-state index contributed by atoms with van der Waals surface area (Å²) >= 11 is 0. The highest BCUT2D eigenvalue weighted by Gasteiger charge is 2.22. The summed E-state index contributed by atoms with van der Waals surface area (Å²) in [4.78, 5) is 37.2. The Morgan fingerprint density at radius 3 is 1.11 bits per heavy atom. The second-order valence-corrected chi connectivity index (χ2v) is 20.5. The van der Waals surface area contributed by atoms with Crippen molar-refractivity contribution in [1.29, 1.82) is 0 Å². The first-order valence-electron chi connectivity index (χ1n) is 29.4. The molecular weight excluding hydrogens is 911 g/mol. The summed E-state index contributed by atoms with van der Waals surface area (Å²) in [5.74, 6) is -2.32. The Kier molecular flexibility index (Phi) is 51.6. The number of allylic oxidation sites excluding steroid dienone is 16. The standard InChI is InChI=1S/C64H109NO8/c1-6-8-10-12-14-16-18-20-21-22-23-24-25-26-27-28-29-30-31-32-33-34-35-36-37-38-39-40-41-43-45-47-49-51-53-55-62(67)73-60(59-72-64(63(68)69)70-57-56-65(3,4)5)58-71-61(66)54-52-50-48-46-44-42-19-17-15-13-11-9-7-2/h8-11,14-17,20-21,23-24,26-27,42,44,60,64H,6-7,12-13,18-19,22,25,28-41,43,45-59H2,1-5H3/b10-8-,11-9-,16-14-,17-15-,21-20-,24-23-,27-26-,44-42-. The first-order valence-corrected chi connectivity index (χ1v) is 29.4. The maximum atomic E-state index is 12.8. The second-order valence-electron chi connectivity index (χ2n) is 20.5. The van der Waals surface area contributed by atoms with Gasteiger partial charge >= 0.3 is 11.9 Å². The third-order valence-corrected chi connectivity index (χ3v) is 12.3. The normalized spacial score (nSPS) is 13.5. The van der Waals surface area contributed by atoms with Gasteiger partial charge in [0.15, 0.2) is 12.4 Å². The molecule has 0 aliphatic rings. The summed E-state index contributed by atoms with van der Waals surface area (Å²) in [5, 5.41) is 11.7. The van der Waals surface area contributed by atoms with Crippen LogP contribution >= 0.6 is 0 Å². The molecule has 0 heterocycles. The molecule has 0 N–H and O–H groups in total. The topological polar surface area (TPSA) is 111 Å². The van der Waals surface area contributed by atoms with Gasteiger partial charge in [-0.2, -0.15) is 0 Å². The summed E-state index contributed by atoms with van der Waals surface area (Å²) in [5.41, 5.74) is 0. The van der Waals surface area contributed by atoms with Crippen molar-refractivity contribution < 1.29 is 42.9 Å². The molecule has 0 aromatic heterocycles. The van der Waals surface area contributed by atoms with Crippen LogP contribution < -0.4 is 5.11 Å². The molecule has 9 heteroatoms. The second kappa shape index (κ2) is 54.5. The number of carboxylic acids is 1. The summed E-state index contributed by atoms with van der Waals surface area (Å²) in [6.45, 7) is 4.48. The van der Waals surface area contributed by atoms with Gasteiger partial charge in [-0.1, -0.05) is 227 Å². The number of quaternary nitrogens is 1. The van der Waals surface area contributed by atoms with E-state index in [1.54, 1.807) is 0 Å². The lowest BCUT2D eigenvalue weighted by Gasteiger charge is -2.26. The number of aliphatic carboxylic acids is 1. The zero-order valence-corrected chi connectivity index (χ0v) is 47.5. The Hall–Kier alpha value is -3.79. The fraction of sp³-hybridized carbons (Fsp3) is 0.703. The molecule has 0 aromatic rings. The molecule has 418 valence electrons. The highest BCUT2D eigenvalue weighted by atomic mass is 16.7. The number of likely N-dealkylation sites (N-methyl/N-ethyl adjacent to an activating group) is 1. The lowest BCUT2D eigenvalue weighted by Crippen LogP contribution is -2.44. The van der Waals surface area contributed by atoms with E-state index in [-0.39, 0.29) is 38.6 Å². The van der Waals surface area contributed by atoms with E-state index < -0.39 is 24.3 Å². The fourth-order valence-electron chi connectivity index (χ4n) is 7.87. The SMILES string of the molecule is CC/C=C\C/C=C\C/C=C\C/C=C\C/C=C\CCCCCCCCCCCCCCCCCCCCCC(=O)OC(COC(=O)CCCCC/C=C\C/C=C\C/C=C\CC)COC(OCC[N+](C)(C)C)C(=O)[O-]. The maximum Gasteiger partial charge on any atom is 0.306 e. The lowest BCUT2D eigenvalue weighted by molar-refractivity contribution is -0.870. The van der Waals surface area contributed by atoms with Crippen LogP contribution in [0.5, 0.6) is 0 Å². The van der Waals surface area contributed by atoms with Crippen LogP contribution in [0.25, 0.3) is 0 Å². The molecule has 0 saturated carbocycles. The molecule has 0 fully saturated rings. The van der Waals surface area contributed by atoms with Crippen LogP contribution in [-0.2, 0) is 33.3 Å². The van der Waals surface area contributed by atoms with Gasteiger partial charge in [0.25, 0.3) is 0 Å². The van der Waals surface area contributed by atoms with Crippen LogP contribution in [0, 0.1) is 0 Å². The summed E-state index contributed by atoms with van der Waals surface area (Å²) in [6, 6.07) is 0. The van der Waals surface area contributed by atoms with Crippen molar-refractivity contribution in [1.82, 2.24) is 0 Å². The number of unbranched alkanes of at least 4 members (excludes halogenated alkanes) is 22. The zero-order valence-electron chi connectivity index (χ0n) is 47.5. The Bertz CT molecular complexity index is 1520. The van der Waals surface area contributed by atoms with Gasteiger partial charge in [0.1, 0.15) is 13.2 Å². The number of carbonyl (C=O) groups excluding carboxylic acids is 3. The first-order chi connectivity index (χ1) is 35.6. The van der Waals surface area contributed by atoms with E-state index in [1.807, 2.05) is 21.1 Å². The third kappa shape index (κ3) is 55.8. The molecule has 0 spiro atoms. The van der Waals surface area contributed by atoms with Gasteiger partial charge in [0.2, 0.25) is 0 Å². The van der Waals surface area contributed by atoms with Crippen LogP contribution in [0.2, 0.25) is 0 Å². The molecule has 0 saturated heterocycles. The average molecular weight is 1020 g/mol. The van der Waals surface area contributed by atoms with Crippen molar-refractivity contribution in [3.8, 4) is 0 Å². The van der Waals surface area contributed by atoms with Gasteiger partial charge in [-0.25, -0.2) is 0 Å². The van der Waals surface area contributed by atoms with Crippen LogP contribution in [0.1, 0.15) is 232 Å². The molecule has 2 atom stereocenters. The molecule has 0 aliphatic heterocycles. The van der Waals surface area contributed by atoms with E-state index in [2.05, 4.69) is 111 Å². The molecular formula is C64H109NO8. The summed E-state index contributed by atoms with van der Waals surface area (Å²) < 4.78 is 22.6. The van der Waals surface area contributed by atoms with Gasteiger partial charge in [0, 0.05) is 12.8 Å². The Labute approximate surface area is 448 Å². The fourth-order valence-corrected chi connectivity index (χ4v) is 7.87. The van der Waals surface area contributed by atoms with E-state index >= 15 is 0 Å². The highest BCUT2D eigenvalue weighted by molar-refractivity contribution is 5.70. The predicted octanol–water partition coefficient (Wildman–Crippen LogP) is 16.0. The number of esters is 2. The number of hydrogen-bond acceptors (Lipinski definition) is 8. The quantitative estimate of drug-likeness (QED) is 0.0195. The summed E-state index contributed by atoms with van der Waals surface area (Å²) in [6.07, 6.45) is 70.6. The molecule has 0 bridgehead atoms. The predicted molar refractivity (Wildman–Crippen MR) is 306 cm³/mol. The average Bonchev–Trinajstić information content (AvgIpc) is 3.36. The largest absolute Gasteiger partial charge is 0.545 e. The van der Waals surface area contributed by atoms with E-state index in [0.717, 1.165) is 89.9 Å². The Morgan fingerprint density at radius 2 is 0.740 bits per heavy atom. The number of nitrogens with zero attached hydrogens (tertiary/aromatic N) is 1. The number of rotatable bonds is 53. The molecule has 0 radical (unpaired) electrons. The molecule has 0 amide bonds. The van der Waals surface area contributed by atoms with Crippen LogP contribution in [0.4, 0.5) is 0 Å². The van der Waals surface area contributed by atoms with Crippen molar-refractivity contribution in [2.75, 3.05) is 47.5 Å². The first kappa shape index (κ1) is 69.2. The van der Waals surface area contributed by atoms with Gasteiger partial charge in [-0.05, 0) is 89.9 Å². The minimum Gasteiger partial charge on any atom is -0.545 e. The zero-order chi connectivity index (χ0) is 53.4. The van der Waals surface area contributed by atoms with Crippen molar-refractivity contribution in [2.45, 2.75) is 245 Å². The molecule has 0 rings (SSSR count). The van der Waals surface area contributed by atoms with Crippen molar-refractivity contribution in [3.05, 3.63) is 97.2 Å². The number of hydrogen-bond donors (Lipinski definition) is 0. The van der Waals surface area contributed by atoms with Crippen molar-refractivity contribution >= 4 is 17.9 Å². The smallest absolute Gasteiger partial charge is 0.306 e. The molecule has 2 unspecified atom stereocenters. The number of ether oxygens (including phenoxy) is 4. The van der Waals surface area contributed by atoms with Crippen LogP contribution in [-0.4, -0.2) is 82.3 Å². The Morgan fingerprint density at radius 1 is 0.411 bits per heavy atom. The minimum atomic E-state index is -1.63. The van der Waals surface area contributed by atoms with E-state index in [9.17, 15) is 19.5 Å². The molecule has 0 aliphatic carbocycles. The van der Waals surface area contributed by atoms with Crippen molar-refractivity contribution in [3.63, 3.8) is 0 Å². The van der Waals surface area contributed by atoms with E-state index in [1.165, 1.54) is 103 Å². The van der Waals surface area contributed by atoms with Crippen molar-refractivity contribution in [2.24, 2.45) is 0 Å². The van der Waals surface area contributed by atoms with Gasteiger partial charge in [0.05, 0.1) is 40.3 Å². The molecule has 9 nitrogen and oxygen atoms in total. The highest BCUT2D eigenvalue weighted by Crippen LogP contribution is 2.16. The van der Waals surface area contributed by atoms with E-state index in [4.69, 9.17) is 18.9 Å². The number of carboxylic acid groups (broad SMARTS) is 1. The lowest BCUT2D eigenvalue weighted by atomic mass is 10.0. The van der Waals surface area contributed by atoms with Crippen LogP contribution in [0.15, 0.2) is 97.2 Å². The minimum absolute atomic E-state index is 0.140. The van der Waals surface area contributed by atoms with Gasteiger partial charge in [-0.3, -0.25) is 9.59 Å². The molecule has 73 heavy (non-hydrogen) atoms. The van der Waals surface area contributed by atoms with Gasteiger partial charge < -0.3 is 33.3 Å². The van der Waals surface area contributed by atoms with Crippen LogP contribution in [0.3, 0.4) is 0 Å². The Balaban J connectivity index is 4.07. The third-order valence-electron chi connectivity index (χ3n) is 12.3. The van der Waals surface area contributed by atoms with E-state index in [0.29, 0.717) is 23.9 Å².